The molecule has 10 N–H and O–H groups in total. The molecule has 18 unspecified atom stereocenters. The van der Waals surface area contributed by atoms with Crippen molar-refractivity contribution < 1.29 is 18.1 Å². The third kappa shape index (κ3) is 5.26. The second-order valence-electron chi connectivity index (χ2n) is 16.4. The zero-order chi connectivity index (χ0) is 30.4. The van der Waals surface area contributed by atoms with E-state index in [1.165, 1.54) is 70.6 Å². The van der Waals surface area contributed by atoms with Crippen molar-refractivity contribution in [3.63, 3.8) is 0 Å². The zero-order valence-electron chi connectivity index (χ0n) is 26.4. The van der Waals surface area contributed by atoms with Crippen molar-refractivity contribution >= 4 is 10.1 Å². The molecule has 0 radical (unpaired) electrons. The molecule has 9 aliphatic rings. The average Bonchev–Trinajstić information content (AvgIpc) is 3.76. The SMILES string of the molecule is O=S(=O)(O)C1C(O)CCC2C3NC4NC(NC5NC(NC6NC(NC(N3)C21)C1CCCCC61)C1CCCCC51)C1CCCCC41. The summed E-state index contributed by atoms with van der Waals surface area (Å²) in [4.78, 5) is 0. The van der Waals surface area contributed by atoms with Crippen molar-refractivity contribution in [3.8, 4) is 0 Å². The second-order valence-corrected chi connectivity index (χ2v) is 17.9. The Hall–Kier alpha value is -0.450. The predicted octanol–water partition coefficient (Wildman–Crippen LogP) is 0.443. The van der Waals surface area contributed by atoms with E-state index in [0.717, 1.165) is 6.42 Å². The quantitative estimate of drug-likeness (QED) is 0.178. The topological polar surface area (TPSA) is 171 Å². The molecule has 9 rings (SSSR count). The lowest BCUT2D eigenvalue weighted by atomic mass is 9.75. The zero-order valence-corrected chi connectivity index (χ0v) is 27.2. The van der Waals surface area contributed by atoms with Gasteiger partial charge in [0, 0.05) is 5.92 Å². The summed E-state index contributed by atoms with van der Waals surface area (Å²) >= 11 is 0. The number of hydrogen-bond acceptors (Lipinski definition) is 11. The smallest absolute Gasteiger partial charge is 0.270 e. The van der Waals surface area contributed by atoms with Gasteiger partial charge in [-0.3, -0.25) is 47.1 Å². The van der Waals surface area contributed by atoms with Crippen molar-refractivity contribution in [2.24, 2.45) is 47.3 Å². The second kappa shape index (κ2) is 11.9. The number of rotatable bonds is 1. The molecular weight excluding hydrogens is 592 g/mol. The fraction of sp³-hybridized carbons (Fsp3) is 1.00. The summed E-state index contributed by atoms with van der Waals surface area (Å²) in [6, 6.07) is 0. The largest absolute Gasteiger partial charge is 0.392 e. The number of fused-ring (bicyclic) bond motifs is 20. The van der Waals surface area contributed by atoms with Crippen molar-refractivity contribution in [1.82, 2.24) is 42.5 Å². The highest BCUT2D eigenvalue weighted by Crippen LogP contribution is 2.46. The molecule has 4 saturated carbocycles. The van der Waals surface area contributed by atoms with Crippen LogP contribution in [0.5, 0.6) is 0 Å². The van der Waals surface area contributed by atoms with Gasteiger partial charge in [0.1, 0.15) is 5.25 Å². The van der Waals surface area contributed by atoms with Crippen LogP contribution in [0.1, 0.15) is 89.9 Å². The molecule has 12 nitrogen and oxygen atoms in total. The lowest BCUT2D eigenvalue weighted by molar-refractivity contribution is 0.0626. The first-order valence-corrected chi connectivity index (χ1v) is 20.1. The Morgan fingerprint density at radius 3 is 1.00 bits per heavy atom. The van der Waals surface area contributed by atoms with Crippen LogP contribution >= 0.6 is 0 Å². The molecule has 9 fully saturated rings. The van der Waals surface area contributed by atoms with Gasteiger partial charge in [0.25, 0.3) is 10.1 Å². The van der Waals surface area contributed by atoms with Crippen LogP contribution in [0.15, 0.2) is 0 Å². The maximum atomic E-state index is 12.9. The highest BCUT2D eigenvalue weighted by Gasteiger charge is 2.58. The van der Waals surface area contributed by atoms with E-state index in [1.54, 1.807) is 0 Å². The third-order valence-electron chi connectivity index (χ3n) is 14.3. The highest BCUT2D eigenvalue weighted by molar-refractivity contribution is 7.86. The van der Waals surface area contributed by atoms with Gasteiger partial charge in [-0.1, -0.05) is 38.5 Å². The van der Waals surface area contributed by atoms with E-state index in [-0.39, 0.29) is 55.2 Å². The molecule has 18 atom stereocenters. The molecular formula is C32H56N8O4S. The highest BCUT2D eigenvalue weighted by atomic mass is 32.2. The van der Waals surface area contributed by atoms with Crippen molar-refractivity contribution in [3.05, 3.63) is 0 Å². The number of hydrogen-bond donors (Lipinski definition) is 10. The Balaban J connectivity index is 1.08. The summed E-state index contributed by atoms with van der Waals surface area (Å²) in [6.07, 6.45) is 15.5. The Bertz CT molecular complexity index is 1210. The monoisotopic (exact) mass is 648 g/mol. The van der Waals surface area contributed by atoms with Crippen LogP contribution < -0.4 is 42.5 Å². The van der Waals surface area contributed by atoms with Gasteiger partial charge in [-0.05, 0) is 92.8 Å². The van der Waals surface area contributed by atoms with Crippen LogP contribution in [0.2, 0.25) is 0 Å². The van der Waals surface area contributed by atoms with Crippen molar-refractivity contribution in [1.29, 1.82) is 0 Å². The summed E-state index contributed by atoms with van der Waals surface area (Å²) in [5.41, 5.74) is 0. The van der Waals surface area contributed by atoms with Crippen LogP contribution in [0.4, 0.5) is 0 Å². The van der Waals surface area contributed by atoms with Crippen LogP contribution in [0.3, 0.4) is 0 Å². The molecule has 0 aromatic heterocycles. The molecule has 254 valence electrons. The van der Waals surface area contributed by atoms with Gasteiger partial charge in [0.05, 0.1) is 55.4 Å². The molecule has 13 heteroatoms. The van der Waals surface area contributed by atoms with Gasteiger partial charge >= 0.3 is 0 Å². The van der Waals surface area contributed by atoms with E-state index in [2.05, 4.69) is 42.5 Å². The van der Waals surface area contributed by atoms with E-state index in [1.807, 2.05) is 0 Å². The maximum absolute atomic E-state index is 12.9. The third-order valence-corrected chi connectivity index (χ3v) is 15.6. The molecule has 5 heterocycles. The van der Waals surface area contributed by atoms with Crippen molar-refractivity contribution in [2.75, 3.05) is 0 Å². The van der Waals surface area contributed by atoms with Crippen LogP contribution in [-0.2, 0) is 10.1 Å². The molecule has 0 aromatic carbocycles. The lowest BCUT2D eigenvalue weighted by Crippen LogP contribution is -2.62. The van der Waals surface area contributed by atoms with Gasteiger partial charge in [-0.15, -0.1) is 0 Å². The first kappa shape index (κ1) is 30.6. The Labute approximate surface area is 268 Å². The average molecular weight is 649 g/mol. The van der Waals surface area contributed by atoms with Crippen LogP contribution in [0.25, 0.3) is 0 Å². The van der Waals surface area contributed by atoms with Gasteiger partial charge in [0.2, 0.25) is 0 Å². The molecule has 0 spiro atoms. The van der Waals surface area contributed by atoms with Crippen molar-refractivity contribution in [2.45, 2.75) is 151 Å². The van der Waals surface area contributed by atoms with Gasteiger partial charge < -0.3 is 5.11 Å². The lowest BCUT2D eigenvalue weighted by Gasteiger charge is -2.40. The molecule has 5 saturated heterocycles. The van der Waals surface area contributed by atoms with E-state index >= 15 is 0 Å². The molecule has 0 amide bonds. The number of aliphatic hydroxyl groups is 1. The summed E-state index contributed by atoms with van der Waals surface area (Å²) in [5.74, 6) is 2.77. The van der Waals surface area contributed by atoms with Crippen LogP contribution in [0, 0.1) is 47.3 Å². The Morgan fingerprint density at radius 1 is 0.400 bits per heavy atom. The normalized spacial score (nSPS) is 56.2. The van der Waals surface area contributed by atoms with E-state index in [4.69, 9.17) is 0 Å². The summed E-state index contributed by atoms with van der Waals surface area (Å²) in [5, 5.41) is 41.9. The summed E-state index contributed by atoms with van der Waals surface area (Å²) in [6.45, 7) is 0. The van der Waals surface area contributed by atoms with E-state index in [9.17, 15) is 18.1 Å². The minimum atomic E-state index is -4.45. The molecule has 4 aliphatic carbocycles. The molecule has 5 aliphatic heterocycles. The predicted molar refractivity (Wildman–Crippen MR) is 169 cm³/mol. The summed E-state index contributed by atoms with van der Waals surface area (Å²) in [7, 11) is -4.45. The van der Waals surface area contributed by atoms with Gasteiger partial charge in [0.15, 0.2) is 0 Å². The first-order chi connectivity index (χ1) is 21.8. The number of aliphatic hydroxyl groups excluding tert-OH is 1. The Kier molecular flexibility index (Phi) is 8.06. The fourth-order valence-corrected chi connectivity index (χ4v) is 13.7. The maximum Gasteiger partial charge on any atom is 0.270 e. The fourth-order valence-electron chi connectivity index (χ4n) is 12.4. The first-order valence-electron chi connectivity index (χ1n) is 18.6. The van der Waals surface area contributed by atoms with Gasteiger partial charge in [-0.2, -0.15) is 8.42 Å². The molecule has 8 bridgehead atoms. The molecule has 0 aromatic rings. The van der Waals surface area contributed by atoms with Crippen LogP contribution in [-0.4, -0.2) is 78.8 Å². The Morgan fingerprint density at radius 2 is 0.689 bits per heavy atom. The minimum absolute atomic E-state index is 0.0212. The van der Waals surface area contributed by atoms with E-state index < -0.39 is 27.4 Å². The number of nitrogens with one attached hydrogen (secondary N) is 8. The minimum Gasteiger partial charge on any atom is -0.392 e. The standard InChI is InChI=1S/C32H56N8O4S/c41-22-14-13-21-23(24(22)45(42,43)44)32-39-30-20-12-6-5-11-19(20)28(37-30)35-26-16-8-2-1-7-15(16)25(33-26)34-27-17-9-3-4-10-18(17)29(36-27)38-31(21)40-32/h15-41H,1-14H2,(H,42,43,44). The molecule has 45 heavy (non-hydrogen) atoms. The summed E-state index contributed by atoms with van der Waals surface area (Å²) < 4.78 is 36.2. The van der Waals surface area contributed by atoms with Gasteiger partial charge in [-0.25, -0.2) is 0 Å². The van der Waals surface area contributed by atoms with E-state index in [0.29, 0.717) is 48.3 Å².